The summed E-state index contributed by atoms with van der Waals surface area (Å²) in [5, 5.41) is 20.4. The lowest BCUT2D eigenvalue weighted by Crippen LogP contribution is -2.09. The van der Waals surface area contributed by atoms with Crippen molar-refractivity contribution in [2.24, 2.45) is 7.05 Å². The Bertz CT molecular complexity index is 817. The molecule has 1 atom stereocenters. The molecule has 3 aromatic rings. The molecule has 0 aliphatic carbocycles. The summed E-state index contributed by atoms with van der Waals surface area (Å²) in [6.07, 6.45) is 3.55. The van der Waals surface area contributed by atoms with Crippen LogP contribution in [0.15, 0.2) is 17.8 Å². The smallest absolute Gasteiger partial charge is 0.358 e. The molecule has 0 amide bonds. The van der Waals surface area contributed by atoms with Gasteiger partial charge in [-0.05, 0) is 18.8 Å². The Balaban J connectivity index is 1.97. The lowest BCUT2D eigenvalue weighted by Gasteiger charge is -2.12. The molecule has 3 aromatic heterocycles. The zero-order valence-electron chi connectivity index (χ0n) is 11.8. The van der Waals surface area contributed by atoms with Crippen molar-refractivity contribution < 1.29 is 4.92 Å². The van der Waals surface area contributed by atoms with Crippen LogP contribution in [0.1, 0.15) is 24.2 Å². The van der Waals surface area contributed by atoms with Crippen molar-refractivity contribution in [2.75, 3.05) is 5.32 Å². The average Bonchev–Trinajstić information content (AvgIpc) is 3.02. The Hall–Kier alpha value is -2.42. The molecule has 0 aliphatic heterocycles. The summed E-state index contributed by atoms with van der Waals surface area (Å²) in [7, 11) is 1.85. The Morgan fingerprint density at radius 1 is 1.52 bits per heavy atom. The minimum Gasteiger partial charge on any atom is -0.358 e. The molecule has 0 aliphatic rings. The number of rotatable bonds is 4. The highest BCUT2D eigenvalue weighted by atomic mass is 32.1. The third-order valence-corrected chi connectivity index (χ3v) is 4.04. The molecule has 0 radical (unpaired) electrons. The van der Waals surface area contributed by atoms with Gasteiger partial charge in [-0.3, -0.25) is 4.68 Å². The summed E-state index contributed by atoms with van der Waals surface area (Å²) in [4.78, 5) is 15.8. The fourth-order valence-electron chi connectivity index (χ4n) is 2.37. The molecule has 0 saturated heterocycles. The third-order valence-electron chi connectivity index (χ3n) is 3.28. The van der Waals surface area contributed by atoms with Crippen molar-refractivity contribution in [3.63, 3.8) is 0 Å². The molecule has 1 N–H and O–H groups in total. The molecule has 0 aromatic carbocycles. The van der Waals surface area contributed by atoms with E-state index >= 15 is 0 Å². The molecular weight excluding hydrogens is 292 g/mol. The molecule has 3 rings (SSSR count). The topological polar surface area (TPSA) is 90.3 Å². The van der Waals surface area contributed by atoms with Gasteiger partial charge >= 0.3 is 5.82 Å². The van der Waals surface area contributed by atoms with Crippen molar-refractivity contribution in [3.05, 3.63) is 39.1 Å². The van der Waals surface area contributed by atoms with Crippen LogP contribution in [0, 0.1) is 17.0 Å². The molecule has 0 saturated carbocycles. The second-order valence-corrected chi connectivity index (χ2v) is 5.68. The van der Waals surface area contributed by atoms with Crippen LogP contribution in [0.25, 0.3) is 4.96 Å². The monoisotopic (exact) mass is 306 g/mol. The van der Waals surface area contributed by atoms with Gasteiger partial charge in [0.15, 0.2) is 0 Å². The number of aromatic nitrogens is 4. The number of anilines is 1. The van der Waals surface area contributed by atoms with E-state index in [-0.39, 0.29) is 17.7 Å². The molecular formula is C12H14N6O2S. The van der Waals surface area contributed by atoms with E-state index in [1.807, 2.05) is 27.1 Å². The molecule has 8 nitrogen and oxygen atoms in total. The average molecular weight is 306 g/mol. The van der Waals surface area contributed by atoms with Gasteiger partial charge < -0.3 is 15.4 Å². The van der Waals surface area contributed by atoms with E-state index in [2.05, 4.69) is 15.4 Å². The molecule has 0 bridgehead atoms. The van der Waals surface area contributed by atoms with Gasteiger partial charge in [0.1, 0.15) is 6.20 Å². The van der Waals surface area contributed by atoms with Crippen molar-refractivity contribution in [1.29, 1.82) is 0 Å². The van der Waals surface area contributed by atoms with Crippen LogP contribution in [0.3, 0.4) is 0 Å². The first-order chi connectivity index (χ1) is 9.97. The maximum atomic E-state index is 11.3. The number of aryl methyl sites for hydroxylation is 2. The number of imidazole rings is 1. The van der Waals surface area contributed by atoms with Crippen LogP contribution in [0.4, 0.5) is 11.6 Å². The van der Waals surface area contributed by atoms with Gasteiger partial charge in [0.2, 0.25) is 5.82 Å². The number of nitrogens with one attached hydrogen (secondary N) is 1. The Kier molecular flexibility index (Phi) is 3.13. The Morgan fingerprint density at radius 3 is 2.90 bits per heavy atom. The minimum atomic E-state index is -0.419. The maximum absolute atomic E-state index is 11.3. The van der Waals surface area contributed by atoms with Gasteiger partial charge in [0, 0.05) is 24.2 Å². The summed E-state index contributed by atoms with van der Waals surface area (Å²) >= 11 is 1.36. The molecule has 21 heavy (non-hydrogen) atoms. The van der Waals surface area contributed by atoms with Crippen LogP contribution in [-0.2, 0) is 7.05 Å². The second kappa shape index (κ2) is 4.85. The van der Waals surface area contributed by atoms with Gasteiger partial charge in [-0.1, -0.05) is 11.3 Å². The molecule has 3 heterocycles. The first-order valence-electron chi connectivity index (χ1n) is 6.34. The van der Waals surface area contributed by atoms with Gasteiger partial charge in [-0.25, -0.2) is 0 Å². The van der Waals surface area contributed by atoms with Crippen LogP contribution in [-0.4, -0.2) is 24.1 Å². The van der Waals surface area contributed by atoms with Gasteiger partial charge in [-0.15, -0.1) is 0 Å². The summed E-state index contributed by atoms with van der Waals surface area (Å²) in [6.45, 7) is 3.84. The molecule has 0 spiro atoms. The number of hydrogen-bond acceptors (Lipinski definition) is 6. The van der Waals surface area contributed by atoms with E-state index in [1.165, 1.54) is 15.7 Å². The van der Waals surface area contributed by atoms with E-state index in [4.69, 9.17) is 0 Å². The van der Waals surface area contributed by atoms with Crippen LogP contribution < -0.4 is 5.32 Å². The SMILES string of the molecule is Cc1nn(C)cc1[C@@H](C)Nc1nc2sccn2c1[N+](=O)[O-]. The van der Waals surface area contributed by atoms with Crippen LogP contribution >= 0.6 is 11.3 Å². The van der Waals surface area contributed by atoms with E-state index in [9.17, 15) is 10.1 Å². The fourth-order valence-corrected chi connectivity index (χ4v) is 3.08. The highest BCUT2D eigenvalue weighted by Gasteiger charge is 2.25. The number of hydrogen-bond donors (Lipinski definition) is 1. The summed E-state index contributed by atoms with van der Waals surface area (Å²) in [5.74, 6) is 0.238. The van der Waals surface area contributed by atoms with Crippen molar-refractivity contribution in [3.8, 4) is 0 Å². The molecule has 110 valence electrons. The number of nitro groups is 1. The zero-order chi connectivity index (χ0) is 15.1. The van der Waals surface area contributed by atoms with Crippen molar-refractivity contribution >= 4 is 27.9 Å². The summed E-state index contributed by atoms with van der Waals surface area (Å²) in [6, 6.07) is -0.123. The summed E-state index contributed by atoms with van der Waals surface area (Å²) in [5.41, 5.74) is 1.88. The Morgan fingerprint density at radius 2 is 2.29 bits per heavy atom. The van der Waals surface area contributed by atoms with Crippen LogP contribution in [0.2, 0.25) is 0 Å². The van der Waals surface area contributed by atoms with Crippen molar-refractivity contribution in [2.45, 2.75) is 19.9 Å². The lowest BCUT2D eigenvalue weighted by molar-refractivity contribution is -0.389. The first-order valence-corrected chi connectivity index (χ1v) is 7.22. The number of thiazole rings is 1. The predicted octanol–water partition coefficient (Wildman–Crippen LogP) is 2.52. The lowest BCUT2D eigenvalue weighted by atomic mass is 10.1. The van der Waals surface area contributed by atoms with E-state index < -0.39 is 4.92 Å². The van der Waals surface area contributed by atoms with Crippen LogP contribution in [0.5, 0.6) is 0 Å². The highest BCUT2D eigenvalue weighted by Crippen LogP contribution is 2.31. The number of fused-ring (bicyclic) bond motifs is 1. The van der Waals surface area contributed by atoms with Gasteiger partial charge in [0.05, 0.1) is 11.7 Å². The Labute approximate surface area is 124 Å². The largest absolute Gasteiger partial charge is 0.372 e. The van der Waals surface area contributed by atoms with E-state index in [0.717, 1.165) is 11.3 Å². The quantitative estimate of drug-likeness (QED) is 0.591. The maximum Gasteiger partial charge on any atom is 0.372 e. The molecule has 9 heteroatoms. The van der Waals surface area contributed by atoms with Crippen molar-refractivity contribution in [1.82, 2.24) is 19.2 Å². The standard InChI is InChI=1S/C12H14N6O2S/c1-7(9-6-16(3)15-8(9)2)13-10-11(18(19)20)17-4-5-21-12(17)14-10/h4-7,13H,1-3H3/t7-/m1/s1. The van der Waals surface area contributed by atoms with E-state index in [1.54, 1.807) is 16.3 Å². The minimum absolute atomic E-state index is 0.0420. The highest BCUT2D eigenvalue weighted by molar-refractivity contribution is 7.15. The normalized spacial score (nSPS) is 12.7. The third kappa shape index (κ3) is 2.25. The predicted molar refractivity (Wildman–Crippen MR) is 79.7 cm³/mol. The zero-order valence-corrected chi connectivity index (χ0v) is 12.6. The van der Waals surface area contributed by atoms with Gasteiger partial charge in [-0.2, -0.15) is 14.5 Å². The fraction of sp³-hybridized carbons (Fsp3) is 0.333. The molecule has 0 unspecified atom stereocenters. The summed E-state index contributed by atoms with van der Waals surface area (Å²) < 4.78 is 3.21. The second-order valence-electron chi connectivity index (χ2n) is 4.81. The molecule has 0 fully saturated rings. The van der Waals surface area contributed by atoms with E-state index in [0.29, 0.717) is 4.96 Å². The number of nitrogens with zero attached hydrogens (tertiary/aromatic N) is 5. The van der Waals surface area contributed by atoms with Gasteiger partial charge in [0.25, 0.3) is 4.96 Å². The first kappa shape index (κ1) is 13.6.